The first-order valence-electron chi connectivity index (χ1n) is 9.09. The van der Waals surface area contributed by atoms with Crippen LogP contribution in [0.3, 0.4) is 0 Å². The minimum atomic E-state index is -0.101. The van der Waals surface area contributed by atoms with Gasteiger partial charge in [0.05, 0.1) is 18.7 Å². The van der Waals surface area contributed by atoms with E-state index in [1.165, 1.54) is 7.11 Å². The molecule has 0 radical (unpaired) electrons. The monoisotopic (exact) mass is 403 g/mol. The number of methoxy groups -OCH3 is 1. The minimum absolute atomic E-state index is 0. The molecule has 0 amide bonds. The Bertz CT molecular complexity index is 802. The maximum absolute atomic E-state index is 11.7. The van der Waals surface area contributed by atoms with Gasteiger partial charge >= 0.3 is 5.97 Å². The summed E-state index contributed by atoms with van der Waals surface area (Å²) >= 11 is 0. The van der Waals surface area contributed by atoms with Crippen molar-refractivity contribution in [3.05, 3.63) is 42.0 Å². The van der Waals surface area contributed by atoms with Gasteiger partial charge < -0.3 is 15.4 Å². The zero-order valence-corrected chi connectivity index (χ0v) is 16.9. The number of nitrogens with one attached hydrogen (secondary N) is 1. The highest BCUT2D eigenvalue weighted by molar-refractivity contribution is 5.95. The van der Waals surface area contributed by atoms with Gasteiger partial charge in [-0.25, -0.2) is 0 Å². The number of hydrogen-bond donors (Lipinski definition) is 2. The van der Waals surface area contributed by atoms with E-state index in [0.717, 1.165) is 42.8 Å². The Labute approximate surface area is 171 Å². The fourth-order valence-electron chi connectivity index (χ4n) is 3.54. The van der Waals surface area contributed by atoms with E-state index in [-0.39, 0.29) is 30.1 Å². The third-order valence-corrected chi connectivity index (χ3v) is 5.28. The van der Waals surface area contributed by atoms with E-state index in [0.29, 0.717) is 11.6 Å². The molecule has 2 aromatic rings. The highest BCUT2D eigenvalue weighted by Crippen LogP contribution is 2.30. The van der Waals surface area contributed by atoms with E-state index in [4.69, 9.17) is 15.9 Å². The van der Waals surface area contributed by atoms with Crippen LogP contribution >= 0.6 is 12.4 Å². The van der Waals surface area contributed by atoms with Gasteiger partial charge in [0.2, 0.25) is 0 Å². The molecule has 0 aliphatic heterocycles. The molecule has 0 saturated heterocycles. The van der Waals surface area contributed by atoms with Gasteiger partial charge in [0.25, 0.3) is 0 Å². The summed E-state index contributed by atoms with van der Waals surface area (Å²) in [5, 5.41) is 16.2. The molecule has 1 aromatic heterocycles. The van der Waals surface area contributed by atoms with E-state index in [9.17, 15) is 4.79 Å². The summed E-state index contributed by atoms with van der Waals surface area (Å²) in [6, 6.07) is 11.6. The lowest BCUT2D eigenvalue weighted by molar-refractivity contribution is -0.146. The van der Waals surface area contributed by atoms with Crippen molar-refractivity contribution >= 4 is 30.0 Å². The van der Waals surface area contributed by atoms with Crippen molar-refractivity contribution in [2.45, 2.75) is 31.7 Å². The molecular weight excluding hydrogens is 378 g/mol. The standard InChI is InChI=1S/C20H25N5O2.ClH/c1-25(16-9-7-15(8-10-16)20(26)27-2)18-12-11-17(23-24-18)13-3-5-14(6-4-13)19(21)22;/h3-6,11-12,15-16H,7-10H2,1-2H3,(H3,21,22);1H. The molecule has 0 atom stereocenters. The van der Waals surface area contributed by atoms with Gasteiger partial charge in [-0.2, -0.15) is 0 Å². The second-order valence-corrected chi connectivity index (χ2v) is 6.91. The molecule has 0 spiro atoms. The van der Waals surface area contributed by atoms with Crippen LogP contribution in [0, 0.1) is 11.3 Å². The molecule has 1 heterocycles. The number of nitrogens with two attached hydrogens (primary N) is 1. The molecule has 150 valence electrons. The van der Waals surface area contributed by atoms with Gasteiger partial charge in [-0.15, -0.1) is 22.6 Å². The topological polar surface area (TPSA) is 105 Å². The van der Waals surface area contributed by atoms with Crippen LogP contribution in [-0.2, 0) is 9.53 Å². The number of carbonyl (C=O) groups excluding carboxylic acids is 1. The van der Waals surface area contributed by atoms with Crippen molar-refractivity contribution < 1.29 is 9.53 Å². The summed E-state index contributed by atoms with van der Waals surface area (Å²) in [7, 11) is 3.47. The highest BCUT2D eigenvalue weighted by atomic mass is 35.5. The summed E-state index contributed by atoms with van der Waals surface area (Å²) < 4.78 is 4.85. The summed E-state index contributed by atoms with van der Waals surface area (Å²) in [4.78, 5) is 13.8. The van der Waals surface area contributed by atoms with Gasteiger partial charge in [-0.1, -0.05) is 24.3 Å². The zero-order valence-electron chi connectivity index (χ0n) is 16.1. The van der Waals surface area contributed by atoms with Crippen molar-refractivity contribution in [2.75, 3.05) is 19.1 Å². The van der Waals surface area contributed by atoms with Crippen LogP contribution in [0.1, 0.15) is 31.2 Å². The smallest absolute Gasteiger partial charge is 0.308 e. The number of rotatable bonds is 5. The van der Waals surface area contributed by atoms with Crippen molar-refractivity contribution in [3.8, 4) is 11.3 Å². The molecule has 0 bridgehead atoms. The fraction of sp³-hybridized carbons (Fsp3) is 0.400. The maximum atomic E-state index is 11.7. The summed E-state index contributed by atoms with van der Waals surface area (Å²) in [6.07, 6.45) is 3.56. The van der Waals surface area contributed by atoms with Crippen molar-refractivity contribution in [3.63, 3.8) is 0 Å². The second kappa shape index (κ2) is 9.50. The average molecular weight is 404 g/mol. The molecule has 8 heteroatoms. The predicted octanol–water partition coefficient (Wildman–Crippen LogP) is 3.02. The quantitative estimate of drug-likeness (QED) is 0.451. The molecule has 7 nitrogen and oxygen atoms in total. The molecule has 3 N–H and O–H groups in total. The van der Waals surface area contributed by atoms with Crippen LogP contribution < -0.4 is 10.6 Å². The maximum Gasteiger partial charge on any atom is 0.308 e. The zero-order chi connectivity index (χ0) is 19.4. The van der Waals surface area contributed by atoms with Crippen LogP contribution in [0.25, 0.3) is 11.3 Å². The lowest BCUT2D eigenvalue weighted by Gasteiger charge is -2.34. The van der Waals surface area contributed by atoms with Crippen LogP contribution in [0.4, 0.5) is 5.82 Å². The minimum Gasteiger partial charge on any atom is -0.469 e. The Morgan fingerprint density at radius 1 is 1.11 bits per heavy atom. The lowest BCUT2D eigenvalue weighted by atomic mass is 9.85. The Morgan fingerprint density at radius 2 is 1.75 bits per heavy atom. The third kappa shape index (κ3) is 4.78. The second-order valence-electron chi connectivity index (χ2n) is 6.91. The number of aromatic nitrogens is 2. The fourth-order valence-corrected chi connectivity index (χ4v) is 3.54. The summed E-state index contributed by atoms with van der Waals surface area (Å²) in [5.41, 5.74) is 7.87. The number of nitrogens with zero attached hydrogens (tertiary/aromatic N) is 3. The predicted molar refractivity (Wildman–Crippen MR) is 112 cm³/mol. The molecule has 0 unspecified atom stereocenters. The van der Waals surface area contributed by atoms with Crippen LogP contribution in [0.2, 0.25) is 0 Å². The van der Waals surface area contributed by atoms with E-state index in [2.05, 4.69) is 15.1 Å². The van der Waals surface area contributed by atoms with E-state index >= 15 is 0 Å². The molecule has 1 aliphatic rings. The lowest BCUT2D eigenvalue weighted by Crippen LogP contribution is -2.37. The number of ether oxygens (including phenoxy) is 1. The molecule has 1 aliphatic carbocycles. The van der Waals surface area contributed by atoms with Gasteiger partial charge in [0.1, 0.15) is 5.84 Å². The molecule has 1 fully saturated rings. The number of halogens is 1. The number of nitrogen functional groups attached to an aromatic ring is 1. The number of esters is 1. The van der Waals surface area contributed by atoms with Gasteiger partial charge in [-0.05, 0) is 37.8 Å². The van der Waals surface area contributed by atoms with Crippen LogP contribution in [0.15, 0.2) is 36.4 Å². The molecule has 1 saturated carbocycles. The van der Waals surface area contributed by atoms with Gasteiger partial charge in [0.15, 0.2) is 5.82 Å². The third-order valence-electron chi connectivity index (χ3n) is 5.28. The van der Waals surface area contributed by atoms with Crippen LogP contribution in [-0.4, -0.2) is 42.2 Å². The first kappa shape index (κ1) is 21.6. The number of anilines is 1. The largest absolute Gasteiger partial charge is 0.469 e. The summed E-state index contributed by atoms with van der Waals surface area (Å²) in [5.74, 6) is 0.786. The molecule has 1 aromatic carbocycles. The molecule has 28 heavy (non-hydrogen) atoms. The molecular formula is C20H26ClN5O2. The summed E-state index contributed by atoms with van der Waals surface area (Å²) in [6.45, 7) is 0. The van der Waals surface area contributed by atoms with Gasteiger partial charge in [-0.3, -0.25) is 10.2 Å². The number of amidine groups is 1. The first-order chi connectivity index (χ1) is 13.0. The SMILES string of the molecule is COC(=O)C1CCC(N(C)c2ccc(-c3ccc(C(=N)N)cc3)nn2)CC1.Cl. The Morgan fingerprint density at radius 3 is 2.25 bits per heavy atom. The van der Waals surface area contributed by atoms with Crippen LogP contribution in [0.5, 0.6) is 0 Å². The number of benzene rings is 1. The average Bonchev–Trinajstić information content (AvgIpc) is 2.73. The van der Waals surface area contributed by atoms with E-state index in [1.807, 2.05) is 31.3 Å². The van der Waals surface area contributed by atoms with Crippen molar-refractivity contribution in [1.29, 1.82) is 5.41 Å². The van der Waals surface area contributed by atoms with Crippen molar-refractivity contribution in [2.24, 2.45) is 11.7 Å². The number of carbonyl (C=O) groups is 1. The Balaban J connectivity index is 0.00000280. The van der Waals surface area contributed by atoms with Crippen molar-refractivity contribution in [1.82, 2.24) is 10.2 Å². The normalized spacial score (nSPS) is 18.6. The first-order valence-corrected chi connectivity index (χ1v) is 9.09. The Kier molecular flexibility index (Phi) is 7.34. The van der Waals surface area contributed by atoms with Gasteiger partial charge in [0, 0.05) is 24.2 Å². The van der Waals surface area contributed by atoms with E-state index < -0.39 is 0 Å². The van der Waals surface area contributed by atoms with E-state index in [1.54, 1.807) is 12.1 Å². The Hall–Kier alpha value is -2.67. The molecule has 3 rings (SSSR count). The number of hydrogen-bond acceptors (Lipinski definition) is 6. The highest BCUT2D eigenvalue weighted by Gasteiger charge is 2.29.